The van der Waals surface area contributed by atoms with E-state index in [1.807, 2.05) is 0 Å². The molecule has 0 fully saturated rings. The molecule has 112 valence electrons. The first kappa shape index (κ1) is 18.1. The second-order valence-electron chi connectivity index (χ2n) is 7.07. The van der Waals surface area contributed by atoms with Crippen LogP contribution in [0.5, 0.6) is 0 Å². The highest BCUT2D eigenvalue weighted by atomic mass is 16.5. The van der Waals surface area contributed by atoms with Crippen molar-refractivity contribution in [2.75, 3.05) is 13.1 Å². The lowest BCUT2D eigenvalue weighted by Gasteiger charge is -2.28. The summed E-state index contributed by atoms with van der Waals surface area (Å²) in [4.78, 5) is 11.6. The minimum absolute atomic E-state index is 0.00435. The molecule has 19 heavy (non-hydrogen) atoms. The Morgan fingerprint density at radius 3 is 1.68 bits per heavy atom. The van der Waals surface area contributed by atoms with E-state index in [1.165, 1.54) is 0 Å². The quantitative estimate of drug-likeness (QED) is 0.574. The highest BCUT2D eigenvalue weighted by Crippen LogP contribution is 2.05. The van der Waals surface area contributed by atoms with Gasteiger partial charge in [-0.3, -0.25) is 0 Å². The van der Waals surface area contributed by atoms with Crippen molar-refractivity contribution in [3.05, 3.63) is 12.2 Å². The molecule has 4 heteroatoms. The van der Waals surface area contributed by atoms with Crippen LogP contribution in [-0.2, 0) is 9.53 Å². The molecule has 0 radical (unpaired) electrons. The van der Waals surface area contributed by atoms with E-state index >= 15 is 0 Å². The van der Waals surface area contributed by atoms with Crippen LogP contribution >= 0.6 is 0 Å². The van der Waals surface area contributed by atoms with Crippen LogP contribution in [0.2, 0.25) is 0 Å². The Morgan fingerprint density at radius 1 is 1.05 bits per heavy atom. The van der Waals surface area contributed by atoms with Crippen LogP contribution in [0.3, 0.4) is 0 Å². The summed E-state index contributed by atoms with van der Waals surface area (Å²) in [6.07, 6.45) is -0.206. The fourth-order valence-electron chi connectivity index (χ4n) is 1.25. The summed E-state index contributed by atoms with van der Waals surface area (Å²) in [7, 11) is 0. The molecule has 0 heterocycles. The normalized spacial score (nSPS) is 12.6. The zero-order chi connectivity index (χ0) is 15.3. The van der Waals surface area contributed by atoms with Crippen LogP contribution in [0.4, 0.5) is 0 Å². The van der Waals surface area contributed by atoms with E-state index < -0.39 is 0 Å². The molecule has 0 bridgehead atoms. The van der Waals surface area contributed by atoms with Gasteiger partial charge in [0.2, 0.25) is 0 Å². The topological polar surface area (TPSA) is 50.4 Å². The number of carbonyl (C=O) groups excluding carboxylic acids is 1. The van der Waals surface area contributed by atoms with Crippen molar-refractivity contribution in [3.63, 3.8) is 0 Å². The lowest BCUT2D eigenvalue weighted by atomic mass is 10.1. The number of hydrogen-bond acceptors (Lipinski definition) is 4. The largest absolute Gasteiger partial charge is 0.456 e. The van der Waals surface area contributed by atoms with Crippen LogP contribution in [0, 0.1) is 0 Å². The summed E-state index contributed by atoms with van der Waals surface area (Å²) in [6, 6.07) is 0. The molecule has 4 nitrogen and oxygen atoms in total. The molecule has 2 N–H and O–H groups in total. The fourth-order valence-corrected chi connectivity index (χ4v) is 1.25. The van der Waals surface area contributed by atoms with Gasteiger partial charge in [-0.05, 0) is 48.5 Å². The maximum atomic E-state index is 11.6. The van der Waals surface area contributed by atoms with Crippen LogP contribution in [0.25, 0.3) is 0 Å². The SMILES string of the molecule is C=C(C)C(=O)OC(CNC(C)(C)C)CNC(C)(C)C. The van der Waals surface area contributed by atoms with Gasteiger partial charge in [0.1, 0.15) is 6.10 Å². The third-order valence-electron chi connectivity index (χ3n) is 2.34. The van der Waals surface area contributed by atoms with Crippen molar-refractivity contribution in [1.82, 2.24) is 10.6 Å². The molecule has 0 saturated heterocycles. The summed E-state index contributed by atoms with van der Waals surface area (Å²) in [5, 5.41) is 6.71. The molecular weight excluding hydrogens is 240 g/mol. The molecule has 0 unspecified atom stereocenters. The smallest absolute Gasteiger partial charge is 0.333 e. The molecule has 0 spiro atoms. The van der Waals surface area contributed by atoms with Gasteiger partial charge in [-0.2, -0.15) is 0 Å². The first-order valence-electron chi connectivity index (χ1n) is 6.77. The van der Waals surface area contributed by atoms with Crippen molar-refractivity contribution in [1.29, 1.82) is 0 Å². The predicted molar refractivity (Wildman–Crippen MR) is 80.2 cm³/mol. The standard InChI is InChI=1S/C15H30N2O2/c1-11(2)13(18)19-12(9-16-14(3,4)5)10-17-15(6,7)8/h12,16-17H,1,9-10H2,2-8H3. The van der Waals surface area contributed by atoms with Crippen LogP contribution in [-0.4, -0.2) is 36.2 Å². The first-order chi connectivity index (χ1) is 8.41. The number of carbonyl (C=O) groups is 1. The number of ether oxygens (including phenoxy) is 1. The molecule has 0 aliphatic carbocycles. The van der Waals surface area contributed by atoms with Gasteiger partial charge in [-0.25, -0.2) is 4.79 Å². The van der Waals surface area contributed by atoms with Gasteiger partial charge in [0, 0.05) is 29.7 Å². The lowest BCUT2D eigenvalue weighted by molar-refractivity contribution is -0.144. The monoisotopic (exact) mass is 270 g/mol. The molecule has 0 rings (SSSR count). The number of nitrogens with one attached hydrogen (secondary N) is 2. The maximum Gasteiger partial charge on any atom is 0.333 e. The highest BCUT2D eigenvalue weighted by molar-refractivity contribution is 5.87. The summed E-state index contributed by atoms with van der Waals surface area (Å²) >= 11 is 0. The molecule has 0 aromatic rings. The Labute approximate surface area is 118 Å². The number of hydrogen-bond donors (Lipinski definition) is 2. The summed E-state index contributed by atoms with van der Waals surface area (Å²) in [5.74, 6) is -0.337. The van der Waals surface area contributed by atoms with E-state index in [2.05, 4.69) is 58.8 Å². The third-order valence-corrected chi connectivity index (χ3v) is 2.34. The molecule has 0 aromatic heterocycles. The second kappa shape index (κ2) is 7.06. The van der Waals surface area contributed by atoms with Gasteiger partial charge < -0.3 is 15.4 Å². The highest BCUT2D eigenvalue weighted by Gasteiger charge is 2.20. The zero-order valence-electron chi connectivity index (χ0n) is 13.5. The fraction of sp³-hybridized carbons (Fsp3) is 0.800. The third kappa shape index (κ3) is 10.7. The van der Waals surface area contributed by atoms with Gasteiger partial charge >= 0.3 is 5.97 Å². The Balaban J connectivity index is 4.46. The van der Waals surface area contributed by atoms with E-state index in [4.69, 9.17) is 4.74 Å². The number of rotatable bonds is 6. The second-order valence-corrected chi connectivity index (χ2v) is 7.07. The van der Waals surface area contributed by atoms with Gasteiger partial charge in [-0.1, -0.05) is 6.58 Å². The van der Waals surface area contributed by atoms with Crippen molar-refractivity contribution >= 4 is 5.97 Å². The van der Waals surface area contributed by atoms with Crippen LogP contribution in [0.1, 0.15) is 48.5 Å². The molecule has 0 amide bonds. The van der Waals surface area contributed by atoms with Gasteiger partial charge in [-0.15, -0.1) is 0 Å². The van der Waals surface area contributed by atoms with Crippen LogP contribution in [0.15, 0.2) is 12.2 Å². The average molecular weight is 270 g/mol. The van der Waals surface area contributed by atoms with E-state index in [0.29, 0.717) is 18.7 Å². The minimum atomic E-state index is -0.337. The molecule has 0 saturated carbocycles. The van der Waals surface area contributed by atoms with Crippen molar-refractivity contribution in [3.8, 4) is 0 Å². The van der Waals surface area contributed by atoms with E-state index in [1.54, 1.807) is 6.92 Å². The van der Waals surface area contributed by atoms with E-state index in [0.717, 1.165) is 0 Å². The van der Waals surface area contributed by atoms with Gasteiger partial charge in [0.25, 0.3) is 0 Å². The van der Waals surface area contributed by atoms with Crippen molar-refractivity contribution in [2.45, 2.75) is 65.6 Å². The lowest BCUT2D eigenvalue weighted by Crippen LogP contribution is -2.48. The summed E-state index contributed by atoms with van der Waals surface area (Å²) < 4.78 is 5.44. The molecule has 0 aliphatic heterocycles. The minimum Gasteiger partial charge on any atom is -0.456 e. The Bertz CT molecular complexity index is 293. The summed E-state index contributed by atoms with van der Waals surface area (Å²) in [6.45, 7) is 19.0. The molecule has 0 atom stereocenters. The maximum absolute atomic E-state index is 11.6. The Kier molecular flexibility index (Phi) is 6.73. The van der Waals surface area contributed by atoms with E-state index in [-0.39, 0.29) is 23.2 Å². The van der Waals surface area contributed by atoms with Crippen LogP contribution < -0.4 is 10.6 Å². The number of esters is 1. The molecular formula is C15H30N2O2. The Hall–Kier alpha value is -0.870. The van der Waals surface area contributed by atoms with Gasteiger partial charge in [0.05, 0.1) is 0 Å². The molecule has 0 aliphatic rings. The van der Waals surface area contributed by atoms with Gasteiger partial charge in [0.15, 0.2) is 0 Å². The molecule has 0 aromatic carbocycles. The summed E-state index contributed by atoms with van der Waals surface area (Å²) in [5.41, 5.74) is 0.419. The van der Waals surface area contributed by atoms with Crippen molar-refractivity contribution < 1.29 is 9.53 Å². The first-order valence-corrected chi connectivity index (χ1v) is 6.77. The van der Waals surface area contributed by atoms with Crippen molar-refractivity contribution in [2.24, 2.45) is 0 Å². The Morgan fingerprint density at radius 2 is 1.42 bits per heavy atom. The zero-order valence-corrected chi connectivity index (χ0v) is 13.5. The average Bonchev–Trinajstić information content (AvgIpc) is 2.19. The van der Waals surface area contributed by atoms with E-state index in [9.17, 15) is 4.79 Å². The predicted octanol–water partition coefficient (Wildman–Crippen LogP) is 2.25.